The first kappa shape index (κ1) is 22.6. The van der Waals surface area contributed by atoms with E-state index in [1.165, 1.54) is 0 Å². The number of aryl methyl sites for hydroxylation is 2. The Balaban J connectivity index is 1.60. The monoisotopic (exact) mass is 446 g/mol. The maximum absolute atomic E-state index is 13.4. The van der Waals surface area contributed by atoms with Crippen molar-refractivity contribution in [1.82, 2.24) is 14.9 Å². The zero-order chi connectivity index (χ0) is 23.2. The molecular weight excluding hydrogens is 416 g/mol. The van der Waals surface area contributed by atoms with Crippen LogP contribution in [0.5, 0.6) is 5.75 Å². The summed E-state index contributed by atoms with van der Waals surface area (Å²) in [5.41, 5.74) is 2.75. The van der Waals surface area contributed by atoms with E-state index in [1.54, 1.807) is 24.5 Å². The molecule has 1 fully saturated rings. The summed E-state index contributed by atoms with van der Waals surface area (Å²) in [6, 6.07) is 15.1. The van der Waals surface area contributed by atoms with Crippen molar-refractivity contribution in [3.05, 3.63) is 78.4 Å². The molecule has 1 saturated heterocycles. The topological polar surface area (TPSA) is 76.5 Å². The zero-order valence-electron chi connectivity index (χ0n) is 19.1. The smallest absolute Gasteiger partial charge is 0.227 e. The van der Waals surface area contributed by atoms with Gasteiger partial charge in [-0.3, -0.25) is 9.59 Å². The molecule has 1 aliphatic heterocycles. The summed E-state index contributed by atoms with van der Waals surface area (Å²) in [5, 5.41) is 3.10. The van der Waals surface area contributed by atoms with E-state index < -0.39 is 6.04 Å². The minimum Gasteiger partial charge on any atom is -0.496 e. The minimum absolute atomic E-state index is 0.0129. The van der Waals surface area contributed by atoms with Gasteiger partial charge in [0.25, 0.3) is 0 Å². The van der Waals surface area contributed by atoms with E-state index in [1.807, 2.05) is 66.2 Å². The first-order valence-electron chi connectivity index (χ1n) is 11.3. The van der Waals surface area contributed by atoms with E-state index in [4.69, 9.17) is 4.74 Å². The number of carbonyl (C=O) groups excluding carboxylic acids is 2. The lowest BCUT2D eigenvalue weighted by molar-refractivity contribution is -0.129. The van der Waals surface area contributed by atoms with Crippen molar-refractivity contribution in [2.75, 3.05) is 18.6 Å². The number of ether oxygens (including phenoxy) is 1. The number of rotatable bonds is 8. The molecule has 0 saturated carbocycles. The third kappa shape index (κ3) is 5.08. The Kier molecular flexibility index (Phi) is 7.07. The largest absolute Gasteiger partial charge is 0.496 e. The van der Waals surface area contributed by atoms with Crippen molar-refractivity contribution >= 4 is 17.5 Å². The first-order chi connectivity index (χ1) is 16.1. The molecule has 1 aliphatic rings. The first-order valence-corrected chi connectivity index (χ1v) is 11.3. The third-order valence-corrected chi connectivity index (χ3v) is 6.16. The normalized spacial score (nSPS) is 18.2. The van der Waals surface area contributed by atoms with Gasteiger partial charge < -0.3 is 19.5 Å². The number of hydrogen-bond acceptors (Lipinski definition) is 4. The second-order valence-corrected chi connectivity index (χ2v) is 8.38. The molecule has 0 aliphatic carbocycles. The molecule has 2 atom stereocenters. The van der Waals surface area contributed by atoms with E-state index in [0.29, 0.717) is 25.1 Å². The zero-order valence-corrected chi connectivity index (χ0v) is 19.1. The molecule has 0 bridgehead atoms. The molecule has 2 heterocycles. The summed E-state index contributed by atoms with van der Waals surface area (Å²) >= 11 is 0. The maximum atomic E-state index is 13.4. The number of imidazole rings is 1. The van der Waals surface area contributed by atoms with Crippen LogP contribution in [-0.4, -0.2) is 35.0 Å². The van der Waals surface area contributed by atoms with Crippen molar-refractivity contribution in [3.8, 4) is 5.75 Å². The summed E-state index contributed by atoms with van der Waals surface area (Å²) in [6.07, 6.45) is 7.05. The highest BCUT2D eigenvalue weighted by atomic mass is 16.5. The fourth-order valence-electron chi connectivity index (χ4n) is 4.47. The second kappa shape index (κ2) is 10.3. The molecular formula is C26H30N4O3. The van der Waals surface area contributed by atoms with Crippen molar-refractivity contribution in [3.63, 3.8) is 0 Å². The molecule has 1 aromatic heterocycles. The lowest BCUT2D eigenvalue weighted by Crippen LogP contribution is -2.48. The van der Waals surface area contributed by atoms with Gasteiger partial charge in [-0.25, -0.2) is 4.98 Å². The molecule has 7 heteroatoms. The summed E-state index contributed by atoms with van der Waals surface area (Å²) in [6.45, 7) is 3.36. The number of anilines is 1. The molecule has 33 heavy (non-hydrogen) atoms. The molecule has 172 valence electrons. The SMILES string of the molecule is COc1ccccc1C1C(C(=O)NCCCn2ccnc2)CCC(=O)N1c1ccc(C)cc1. The average molecular weight is 447 g/mol. The highest BCUT2D eigenvalue weighted by molar-refractivity contribution is 5.97. The lowest BCUT2D eigenvalue weighted by atomic mass is 9.82. The fraction of sp³-hybridized carbons (Fsp3) is 0.346. The van der Waals surface area contributed by atoms with Crippen LogP contribution >= 0.6 is 0 Å². The van der Waals surface area contributed by atoms with Gasteiger partial charge in [0.2, 0.25) is 11.8 Å². The Morgan fingerprint density at radius 1 is 1.18 bits per heavy atom. The van der Waals surface area contributed by atoms with Crippen LogP contribution in [0, 0.1) is 12.8 Å². The summed E-state index contributed by atoms with van der Waals surface area (Å²) in [5.74, 6) is 0.265. The van der Waals surface area contributed by atoms with Crippen LogP contribution in [0.1, 0.15) is 36.4 Å². The maximum Gasteiger partial charge on any atom is 0.227 e. The number of hydrogen-bond donors (Lipinski definition) is 1. The van der Waals surface area contributed by atoms with Gasteiger partial charge in [0.1, 0.15) is 5.75 Å². The number of amides is 2. The van der Waals surface area contributed by atoms with Crippen LogP contribution in [0.2, 0.25) is 0 Å². The lowest BCUT2D eigenvalue weighted by Gasteiger charge is -2.41. The average Bonchev–Trinajstić information content (AvgIpc) is 3.36. The van der Waals surface area contributed by atoms with E-state index >= 15 is 0 Å². The van der Waals surface area contributed by atoms with Gasteiger partial charge in [0.05, 0.1) is 25.4 Å². The predicted octanol–water partition coefficient (Wildman–Crippen LogP) is 3.89. The van der Waals surface area contributed by atoms with Crippen LogP contribution in [0.3, 0.4) is 0 Å². The molecule has 0 spiro atoms. The number of aromatic nitrogens is 2. The summed E-state index contributed by atoms with van der Waals surface area (Å²) in [4.78, 5) is 32.4. The second-order valence-electron chi connectivity index (χ2n) is 8.38. The third-order valence-electron chi connectivity index (χ3n) is 6.16. The van der Waals surface area contributed by atoms with Gasteiger partial charge in [-0.05, 0) is 38.0 Å². The van der Waals surface area contributed by atoms with Crippen molar-refractivity contribution in [2.24, 2.45) is 5.92 Å². The Bertz CT molecular complexity index is 1080. The number of nitrogens with zero attached hydrogens (tertiary/aromatic N) is 3. The van der Waals surface area contributed by atoms with Gasteiger partial charge in [-0.1, -0.05) is 35.9 Å². The van der Waals surface area contributed by atoms with Crippen molar-refractivity contribution in [1.29, 1.82) is 0 Å². The molecule has 2 unspecified atom stereocenters. The Labute approximate surface area is 194 Å². The van der Waals surface area contributed by atoms with Gasteiger partial charge in [-0.15, -0.1) is 0 Å². The van der Waals surface area contributed by atoms with Crippen LogP contribution in [0.15, 0.2) is 67.3 Å². The number of carbonyl (C=O) groups is 2. The summed E-state index contributed by atoms with van der Waals surface area (Å²) in [7, 11) is 1.62. The van der Waals surface area contributed by atoms with Gasteiger partial charge in [0, 0.05) is 43.2 Å². The Hall–Kier alpha value is -3.61. The van der Waals surface area contributed by atoms with Crippen LogP contribution in [-0.2, 0) is 16.1 Å². The molecule has 2 aromatic carbocycles. The highest BCUT2D eigenvalue weighted by Crippen LogP contribution is 2.43. The van der Waals surface area contributed by atoms with Crippen LogP contribution in [0.4, 0.5) is 5.69 Å². The van der Waals surface area contributed by atoms with E-state index in [2.05, 4.69) is 10.3 Å². The Morgan fingerprint density at radius 3 is 2.70 bits per heavy atom. The minimum atomic E-state index is -0.446. The van der Waals surface area contributed by atoms with Gasteiger partial charge >= 0.3 is 0 Å². The summed E-state index contributed by atoms with van der Waals surface area (Å²) < 4.78 is 7.62. The Morgan fingerprint density at radius 2 is 1.97 bits per heavy atom. The number of para-hydroxylation sites is 1. The van der Waals surface area contributed by atoms with E-state index in [-0.39, 0.29) is 17.7 Å². The molecule has 7 nitrogen and oxygen atoms in total. The molecule has 0 radical (unpaired) electrons. The fourth-order valence-corrected chi connectivity index (χ4v) is 4.47. The van der Waals surface area contributed by atoms with Gasteiger partial charge in [-0.2, -0.15) is 0 Å². The number of methoxy groups -OCH3 is 1. The van der Waals surface area contributed by atoms with Crippen molar-refractivity contribution < 1.29 is 14.3 Å². The van der Waals surface area contributed by atoms with E-state index in [9.17, 15) is 9.59 Å². The quantitative estimate of drug-likeness (QED) is 0.533. The molecule has 1 N–H and O–H groups in total. The van der Waals surface area contributed by atoms with Crippen LogP contribution < -0.4 is 15.0 Å². The molecule has 4 rings (SSSR count). The number of nitrogens with one attached hydrogen (secondary N) is 1. The van der Waals surface area contributed by atoms with E-state index in [0.717, 1.165) is 29.8 Å². The number of benzene rings is 2. The molecule has 2 amide bonds. The van der Waals surface area contributed by atoms with Crippen molar-refractivity contribution in [2.45, 2.75) is 38.8 Å². The highest BCUT2D eigenvalue weighted by Gasteiger charge is 2.42. The standard InChI is InChI=1S/C26H30N4O3/c1-19-8-10-20(11-9-19)30-24(31)13-12-22(25(30)21-6-3-4-7-23(21)33-2)26(32)28-14-5-16-29-17-15-27-18-29/h3-4,6-11,15,17-18,22,25H,5,12-14,16H2,1-2H3,(H,28,32). The predicted molar refractivity (Wildman–Crippen MR) is 127 cm³/mol. The molecule has 3 aromatic rings. The number of piperidine rings is 1. The van der Waals surface area contributed by atoms with Crippen LogP contribution in [0.25, 0.3) is 0 Å². The van der Waals surface area contributed by atoms with Gasteiger partial charge in [0.15, 0.2) is 0 Å².